The molecule has 0 aliphatic carbocycles. The average molecular weight is 333 g/mol. The van der Waals surface area contributed by atoms with E-state index in [-0.39, 0.29) is 0 Å². The van der Waals surface area contributed by atoms with Crippen LogP contribution in [0.3, 0.4) is 0 Å². The standard InChI is InChI=1S/C19H21ClO3/c1-12(2)15-6-4-14(5-7-15)11-23-18-9-8-16(10-17(18)20)13(3)19(21)22/h4-10,12-13H,11H2,1-3H3,(H,21,22). The summed E-state index contributed by atoms with van der Waals surface area (Å²) in [5.41, 5.74) is 3.02. The minimum absolute atomic E-state index is 0.423. The Morgan fingerprint density at radius 2 is 1.70 bits per heavy atom. The maximum atomic E-state index is 11.0. The van der Waals surface area contributed by atoms with E-state index in [4.69, 9.17) is 21.4 Å². The first-order valence-corrected chi connectivity index (χ1v) is 8.00. The highest BCUT2D eigenvalue weighted by Crippen LogP contribution is 2.29. The second kappa shape index (κ2) is 7.51. The highest BCUT2D eigenvalue weighted by Gasteiger charge is 2.15. The number of halogens is 1. The first-order valence-electron chi connectivity index (χ1n) is 7.62. The Morgan fingerprint density at radius 1 is 1.09 bits per heavy atom. The van der Waals surface area contributed by atoms with Gasteiger partial charge in [0.1, 0.15) is 12.4 Å². The molecule has 0 saturated heterocycles. The molecule has 1 N–H and O–H groups in total. The zero-order valence-corrected chi connectivity index (χ0v) is 14.3. The predicted octanol–water partition coefficient (Wildman–Crippen LogP) is 5.23. The summed E-state index contributed by atoms with van der Waals surface area (Å²) < 4.78 is 5.74. The van der Waals surface area contributed by atoms with Gasteiger partial charge in [-0.1, -0.05) is 55.8 Å². The molecule has 0 saturated carbocycles. The molecule has 0 aliphatic rings. The van der Waals surface area contributed by atoms with Crippen LogP contribution in [0.1, 0.15) is 49.3 Å². The lowest BCUT2D eigenvalue weighted by molar-refractivity contribution is -0.138. The molecule has 0 fully saturated rings. The van der Waals surface area contributed by atoms with E-state index in [0.717, 1.165) is 5.56 Å². The van der Waals surface area contributed by atoms with Crippen LogP contribution in [0.4, 0.5) is 0 Å². The minimum atomic E-state index is -0.875. The molecular weight excluding hydrogens is 312 g/mol. The van der Waals surface area contributed by atoms with Crippen LogP contribution >= 0.6 is 11.6 Å². The van der Waals surface area contributed by atoms with E-state index in [1.807, 2.05) is 12.1 Å². The van der Waals surface area contributed by atoms with Gasteiger partial charge < -0.3 is 9.84 Å². The lowest BCUT2D eigenvalue weighted by Crippen LogP contribution is -2.07. The van der Waals surface area contributed by atoms with Gasteiger partial charge in [-0.2, -0.15) is 0 Å². The Labute approximate surface area is 141 Å². The Bertz CT molecular complexity index is 678. The van der Waals surface area contributed by atoms with Crippen LogP contribution in [-0.4, -0.2) is 11.1 Å². The first kappa shape index (κ1) is 17.4. The number of benzene rings is 2. The van der Waals surface area contributed by atoms with E-state index in [0.29, 0.717) is 28.9 Å². The molecule has 3 nitrogen and oxygen atoms in total. The van der Waals surface area contributed by atoms with Crippen LogP contribution in [0.2, 0.25) is 5.02 Å². The lowest BCUT2D eigenvalue weighted by atomic mass is 10.0. The lowest BCUT2D eigenvalue weighted by Gasteiger charge is -2.12. The first-order chi connectivity index (χ1) is 10.9. The molecule has 0 heterocycles. The van der Waals surface area contributed by atoms with Crippen molar-refractivity contribution in [2.24, 2.45) is 0 Å². The fourth-order valence-electron chi connectivity index (χ4n) is 2.21. The van der Waals surface area contributed by atoms with Crippen molar-refractivity contribution in [3.8, 4) is 5.75 Å². The van der Waals surface area contributed by atoms with Crippen LogP contribution in [0.5, 0.6) is 5.75 Å². The van der Waals surface area contributed by atoms with Crippen LogP contribution in [0.15, 0.2) is 42.5 Å². The van der Waals surface area contributed by atoms with Crippen LogP contribution in [0, 0.1) is 0 Å². The van der Waals surface area contributed by atoms with Crippen molar-refractivity contribution in [3.63, 3.8) is 0 Å². The van der Waals surface area contributed by atoms with Crippen molar-refractivity contribution in [2.75, 3.05) is 0 Å². The molecule has 1 atom stereocenters. The van der Waals surface area contributed by atoms with Gasteiger partial charge in [-0.3, -0.25) is 4.79 Å². The van der Waals surface area contributed by atoms with Gasteiger partial charge in [-0.15, -0.1) is 0 Å². The van der Waals surface area contributed by atoms with E-state index in [2.05, 4.69) is 26.0 Å². The number of carboxylic acid groups (broad SMARTS) is 1. The minimum Gasteiger partial charge on any atom is -0.487 e. The normalized spacial score (nSPS) is 12.2. The average Bonchev–Trinajstić information content (AvgIpc) is 2.53. The zero-order valence-electron chi connectivity index (χ0n) is 13.5. The number of ether oxygens (including phenoxy) is 1. The highest BCUT2D eigenvalue weighted by molar-refractivity contribution is 6.32. The molecule has 0 amide bonds. The molecule has 2 aromatic carbocycles. The smallest absolute Gasteiger partial charge is 0.310 e. The zero-order chi connectivity index (χ0) is 17.0. The molecule has 0 aliphatic heterocycles. The topological polar surface area (TPSA) is 46.5 Å². The molecule has 122 valence electrons. The predicted molar refractivity (Wildman–Crippen MR) is 92.4 cm³/mol. The summed E-state index contributed by atoms with van der Waals surface area (Å²) in [6, 6.07) is 13.4. The third-order valence-corrected chi connectivity index (χ3v) is 4.16. The quantitative estimate of drug-likeness (QED) is 0.787. The van der Waals surface area contributed by atoms with Crippen molar-refractivity contribution in [2.45, 2.75) is 39.2 Å². The molecule has 0 aromatic heterocycles. The molecule has 0 bridgehead atoms. The van der Waals surface area contributed by atoms with Gasteiger partial charge in [0.05, 0.1) is 10.9 Å². The van der Waals surface area contributed by atoms with Gasteiger partial charge in [-0.25, -0.2) is 0 Å². The maximum Gasteiger partial charge on any atom is 0.310 e. The fraction of sp³-hybridized carbons (Fsp3) is 0.316. The number of carboxylic acids is 1. The van der Waals surface area contributed by atoms with E-state index >= 15 is 0 Å². The molecule has 2 aromatic rings. The van der Waals surface area contributed by atoms with E-state index in [1.54, 1.807) is 25.1 Å². The Hall–Kier alpha value is -2.00. The Morgan fingerprint density at radius 3 is 2.22 bits per heavy atom. The summed E-state index contributed by atoms with van der Waals surface area (Å²) in [6.45, 7) is 6.37. The van der Waals surface area contributed by atoms with Gasteiger partial charge in [0.2, 0.25) is 0 Å². The van der Waals surface area contributed by atoms with Crippen molar-refractivity contribution in [1.29, 1.82) is 0 Å². The van der Waals surface area contributed by atoms with E-state index in [1.165, 1.54) is 5.56 Å². The number of aliphatic carboxylic acids is 1. The van der Waals surface area contributed by atoms with Crippen molar-refractivity contribution in [3.05, 3.63) is 64.2 Å². The molecule has 23 heavy (non-hydrogen) atoms. The second-order valence-electron chi connectivity index (χ2n) is 5.93. The maximum absolute atomic E-state index is 11.0. The van der Waals surface area contributed by atoms with Crippen LogP contribution in [-0.2, 0) is 11.4 Å². The third kappa shape index (κ3) is 4.49. The van der Waals surface area contributed by atoms with Crippen molar-refractivity contribution in [1.82, 2.24) is 0 Å². The summed E-state index contributed by atoms with van der Waals surface area (Å²) in [5, 5.41) is 9.46. The molecule has 2 rings (SSSR count). The molecular formula is C19H21ClO3. The third-order valence-electron chi connectivity index (χ3n) is 3.87. The largest absolute Gasteiger partial charge is 0.487 e. The van der Waals surface area contributed by atoms with E-state index in [9.17, 15) is 4.79 Å². The number of rotatable bonds is 6. The monoisotopic (exact) mass is 332 g/mol. The molecule has 4 heteroatoms. The molecule has 0 spiro atoms. The fourth-order valence-corrected chi connectivity index (χ4v) is 2.45. The van der Waals surface area contributed by atoms with Gasteiger partial charge >= 0.3 is 5.97 Å². The summed E-state index contributed by atoms with van der Waals surface area (Å²) in [7, 11) is 0. The summed E-state index contributed by atoms with van der Waals surface area (Å²) in [4.78, 5) is 11.0. The van der Waals surface area contributed by atoms with Crippen molar-refractivity contribution >= 4 is 17.6 Å². The number of hydrogen-bond donors (Lipinski definition) is 1. The number of hydrogen-bond acceptors (Lipinski definition) is 2. The summed E-state index contributed by atoms with van der Waals surface area (Å²) >= 11 is 6.19. The van der Waals surface area contributed by atoms with Crippen molar-refractivity contribution < 1.29 is 14.6 Å². The Kier molecular flexibility index (Phi) is 5.67. The van der Waals surface area contributed by atoms with Gasteiger partial charge in [0, 0.05) is 0 Å². The second-order valence-corrected chi connectivity index (χ2v) is 6.34. The SMILES string of the molecule is CC(C)c1ccc(COc2ccc(C(C)C(=O)O)cc2Cl)cc1. The van der Waals surface area contributed by atoms with Gasteiger partial charge in [0.25, 0.3) is 0 Å². The van der Waals surface area contributed by atoms with Crippen LogP contribution < -0.4 is 4.74 Å². The van der Waals surface area contributed by atoms with Crippen LogP contribution in [0.25, 0.3) is 0 Å². The Balaban J connectivity index is 2.04. The summed E-state index contributed by atoms with van der Waals surface area (Å²) in [6.07, 6.45) is 0. The van der Waals surface area contributed by atoms with Gasteiger partial charge in [0.15, 0.2) is 0 Å². The molecule has 1 unspecified atom stereocenters. The summed E-state index contributed by atoms with van der Waals surface area (Å²) in [5.74, 6) is -0.408. The molecule has 0 radical (unpaired) electrons. The number of carbonyl (C=O) groups is 1. The highest BCUT2D eigenvalue weighted by atomic mass is 35.5. The van der Waals surface area contributed by atoms with E-state index < -0.39 is 11.9 Å². The van der Waals surface area contributed by atoms with Gasteiger partial charge in [-0.05, 0) is 41.7 Å².